The minimum Gasteiger partial charge on any atom is -0.342 e. The fourth-order valence-electron chi connectivity index (χ4n) is 1.94. The van der Waals surface area contributed by atoms with Crippen molar-refractivity contribution in [1.29, 1.82) is 0 Å². The molecule has 124 valence electrons. The third-order valence-electron chi connectivity index (χ3n) is 3.66. The average molecular weight is 330 g/mol. The summed E-state index contributed by atoms with van der Waals surface area (Å²) in [6.07, 6.45) is 0.702. The van der Waals surface area contributed by atoms with Crippen LogP contribution in [0.1, 0.15) is 36.2 Å². The number of non-ortho nitro benzene ring substituents is 1. The molecular weight excluding hydrogens is 306 g/mol. The van der Waals surface area contributed by atoms with Gasteiger partial charge in [0.1, 0.15) is 0 Å². The molecule has 0 aliphatic rings. The normalized spacial score (nSPS) is 11.7. The van der Waals surface area contributed by atoms with E-state index < -0.39 is 4.92 Å². The molecule has 0 aromatic heterocycles. The molecule has 1 aromatic carbocycles. The number of hydrogen-bond donors (Lipinski definition) is 1. The van der Waals surface area contributed by atoms with Crippen LogP contribution in [0.5, 0.6) is 0 Å². The number of nitrogens with zero attached hydrogens (tertiary/aromatic N) is 2. The minimum absolute atomic E-state index is 0. The van der Waals surface area contributed by atoms with Crippen molar-refractivity contribution in [1.82, 2.24) is 4.90 Å². The Balaban J connectivity index is 0.00000441. The van der Waals surface area contributed by atoms with E-state index in [-0.39, 0.29) is 30.0 Å². The summed E-state index contributed by atoms with van der Waals surface area (Å²) in [6.45, 7) is 6.37. The van der Waals surface area contributed by atoms with Crippen molar-refractivity contribution in [2.24, 2.45) is 11.7 Å². The van der Waals surface area contributed by atoms with Crippen LogP contribution in [0.3, 0.4) is 0 Å². The average Bonchev–Trinajstić information content (AvgIpc) is 2.43. The number of nitro groups is 1. The van der Waals surface area contributed by atoms with Gasteiger partial charge < -0.3 is 10.6 Å². The predicted molar refractivity (Wildman–Crippen MR) is 89.5 cm³/mol. The smallest absolute Gasteiger partial charge is 0.270 e. The number of nitro benzene ring substituents is 1. The monoisotopic (exact) mass is 329 g/mol. The second kappa shape index (κ2) is 8.70. The number of benzene rings is 1. The Morgan fingerprint density at radius 3 is 2.50 bits per heavy atom. The van der Waals surface area contributed by atoms with E-state index in [0.717, 1.165) is 5.56 Å². The highest BCUT2D eigenvalue weighted by Gasteiger charge is 2.19. The molecule has 0 radical (unpaired) electrons. The van der Waals surface area contributed by atoms with E-state index in [4.69, 9.17) is 5.73 Å². The molecule has 0 bridgehead atoms. The molecule has 0 spiro atoms. The Labute approximate surface area is 137 Å². The fourth-order valence-corrected chi connectivity index (χ4v) is 1.94. The fraction of sp³-hybridized carbons (Fsp3) is 0.533. The Hall–Kier alpha value is -1.66. The zero-order valence-electron chi connectivity index (χ0n) is 13.4. The number of aryl methyl sites for hydroxylation is 1. The topological polar surface area (TPSA) is 89.5 Å². The summed E-state index contributed by atoms with van der Waals surface area (Å²) in [7, 11) is 1.69. The van der Waals surface area contributed by atoms with Gasteiger partial charge in [0.05, 0.1) is 4.92 Å². The van der Waals surface area contributed by atoms with Crippen LogP contribution in [0.4, 0.5) is 5.69 Å². The number of carbonyl (C=O) groups is 1. The molecule has 7 heteroatoms. The van der Waals surface area contributed by atoms with Crippen LogP contribution in [-0.4, -0.2) is 35.4 Å². The van der Waals surface area contributed by atoms with Gasteiger partial charge in [-0.15, -0.1) is 12.4 Å². The first-order valence-electron chi connectivity index (χ1n) is 7.00. The first kappa shape index (κ1) is 20.3. The molecule has 0 aliphatic heterocycles. The maximum atomic E-state index is 12.4. The van der Waals surface area contributed by atoms with Gasteiger partial charge in [-0.05, 0) is 24.8 Å². The lowest BCUT2D eigenvalue weighted by atomic mass is 10.0. The molecule has 0 saturated heterocycles. The molecule has 1 unspecified atom stereocenters. The van der Waals surface area contributed by atoms with Gasteiger partial charge in [0.25, 0.3) is 11.6 Å². The first-order valence-corrected chi connectivity index (χ1v) is 7.00. The van der Waals surface area contributed by atoms with Gasteiger partial charge in [0, 0.05) is 37.3 Å². The zero-order chi connectivity index (χ0) is 16.2. The summed E-state index contributed by atoms with van der Waals surface area (Å²) in [6, 6.07) is 4.36. The van der Waals surface area contributed by atoms with E-state index in [1.165, 1.54) is 12.1 Å². The SMILES string of the molecule is Cc1ccc([N+](=O)[O-])cc1C(=O)N(C)CCC(N)C(C)C.Cl. The Bertz CT molecular complexity index is 535. The van der Waals surface area contributed by atoms with Crippen molar-refractivity contribution >= 4 is 24.0 Å². The molecule has 1 aromatic rings. The Kier molecular flexibility index (Phi) is 8.05. The van der Waals surface area contributed by atoms with Gasteiger partial charge in [-0.2, -0.15) is 0 Å². The van der Waals surface area contributed by atoms with Gasteiger partial charge >= 0.3 is 0 Å². The summed E-state index contributed by atoms with van der Waals surface area (Å²) in [5, 5.41) is 10.8. The number of rotatable bonds is 6. The van der Waals surface area contributed by atoms with E-state index in [0.29, 0.717) is 24.4 Å². The molecule has 1 amide bonds. The van der Waals surface area contributed by atoms with Crippen molar-refractivity contribution in [2.75, 3.05) is 13.6 Å². The minimum atomic E-state index is -0.495. The highest BCUT2D eigenvalue weighted by molar-refractivity contribution is 5.96. The molecule has 0 aliphatic carbocycles. The maximum absolute atomic E-state index is 12.4. The number of nitrogens with two attached hydrogens (primary N) is 1. The van der Waals surface area contributed by atoms with Crippen LogP contribution in [0.15, 0.2) is 18.2 Å². The molecule has 2 N–H and O–H groups in total. The summed E-state index contributed by atoms with van der Waals surface area (Å²) in [5.41, 5.74) is 6.99. The van der Waals surface area contributed by atoms with Gasteiger partial charge in [-0.3, -0.25) is 14.9 Å². The third kappa shape index (κ3) is 5.27. The third-order valence-corrected chi connectivity index (χ3v) is 3.66. The van der Waals surface area contributed by atoms with Crippen molar-refractivity contribution in [3.05, 3.63) is 39.4 Å². The van der Waals surface area contributed by atoms with E-state index in [2.05, 4.69) is 0 Å². The molecule has 0 fully saturated rings. The number of halogens is 1. The number of amides is 1. The Morgan fingerprint density at radius 1 is 1.41 bits per heavy atom. The van der Waals surface area contributed by atoms with Gasteiger partial charge in [0.15, 0.2) is 0 Å². The summed E-state index contributed by atoms with van der Waals surface area (Å²) in [5.74, 6) is 0.139. The number of hydrogen-bond acceptors (Lipinski definition) is 4. The van der Waals surface area contributed by atoms with Gasteiger partial charge in [0.2, 0.25) is 0 Å². The summed E-state index contributed by atoms with van der Waals surface area (Å²) >= 11 is 0. The molecule has 1 atom stereocenters. The van der Waals surface area contributed by atoms with Crippen LogP contribution in [-0.2, 0) is 0 Å². The lowest BCUT2D eigenvalue weighted by molar-refractivity contribution is -0.384. The van der Waals surface area contributed by atoms with Crippen LogP contribution in [0, 0.1) is 23.0 Å². The van der Waals surface area contributed by atoms with E-state index in [1.54, 1.807) is 24.9 Å². The molecule has 0 saturated carbocycles. The quantitative estimate of drug-likeness (QED) is 0.642. The zero-order valence-corrected chi connectivity index (χ0v) is 14.2. The molecule has 1 rings (SSSR count). The van der Waals surface area contributed by atoms with E-state index >= 15 is 0 Å². The standard InChI is InChI=1S/C15H23N3O3.ClH/c1-10(2)14(16)7-8-17(4)15(19)13-9-12(18(20)21)6-5-11(13)3;/h5-6,9-10,14H,7-8,16H2,1-4H3;1H. The van der Waals surface area contributed by atoms with Crippen LogP contribution >= 0.6 is 12.4 Å². The second-order valence-electron chi connectivity index (χ2n) is 5.68. The van der Waals surface area contributed by atoms with Crippen molar-refractivity contribution in [3.8, 4) is 0 Å². The molecule has 6 nitrogen and oxygen atoms in total. The lowest BCUT2D eigenvalue weighted by Crippen LogP contribution is -2.34. The van der Waals surface area contributed by atoms with E-state index in [9.17, 15) is 14.9 Å². The largest absolute Gasteiger partial charge is 0.342 e. The van der Waals surface area contributed by atoms with Crippen molar-refractivity contribution < 1.29 is 9.72 Å². The van der Waals surface area contributed by atoms with Crippen LogP contribution < -0.4 is 5.73 Å². The van der Waals surface area contributed by atoms with Crippen LogP contribution in [0.2, 0.25) is 0 Å². The van der Waals surface area contributed by atoms with E-state index in [1.807, 2.05) is 13.8 Å². The first-order chi connectivity index (χ1) is 9.73. The summed E-state index contributed by atoms with van der Waals surface area (Å²) in [4.78, 5) is 24.3. The molecule has 0 heterocycles. The second-order valence-corrected chi connectivity index (χ2v) is 5.68. The van der Waals surface area contributed by atoms with Crippen molar-refractivity contribution in [3.63, 3.8) is 0 Å². The van der Waals surface area contributed by atoms with Crippen LogP contribution in [0.25, 0.3) is 0 Å². The highest BCUT2D eigenvalue weighted by Crippen LogP contribution is 2.19. The Morgan fingerprint density at radius 2 is 2.00 bits per heavy atom. The number of carbonyl (C=O) groups excluding carboxylic acids is 1. The maximum Gasteiger partial charge on any atom is 0.270 e. The summed E-state index contributed by atoms with van der Waals surface area (Å²) < 4.78 is 0. The molecule has 22 heavy (non-hydrogen) atoms. The predicted octanol–water partition coefficient (Wildman–Crippen LogP) is 2.77. The van der Waals surface area contributed by atoms with Gasteiger partial charge in [-0.1, -0.05) is 19.9 Å². The van der Waals surface area contributed by atoms with Gasteiger partial charge in [-0.25, -0.2) is 0 Å². The van der Waals surface area contributed by atoms with Crippen molar-refractivity contribution in [2.45, 2.75) is 33.2 Å². The molecular formula is C15H24ClN3O3. The lowest BCUT2D eigenvalue weighted by Gasteiger charge is -2.22. The highest BCUT2D eigenvalue weighted by atomic mass is 35.5.